The maximum absolute atomic E-state index is 6.11. The van der Waals surface area contributed by atoms with Gasteiger partial charge >= 0.3 is 0 Å². The van der Waals surface area contributed by atoms with E-state index < -0.39 is 0 Å². The average molecular weight is 226 g/mol. The van der Waals surface area contributed by atoms with Gasteiger partial charge in [0.25, 0.3) is 0 Å². The molecule has 0 saturated carbocycles. The Bertz CT molecular complexity index is 330. The van der Waals surface area contributed by atoms with Crippen LogP contribution in [0.15, 0.2) is 0 Å². The second kappa shape index (κ2) is 4.06. The molecule has 0 bridgehead atoms. The molecule has 2 N–H and O–H groups in total. The van der Waals surface area contributed by atoms with Crippen LogP contribution < -0.4 is 10.6 Å². The first-order valence-electron chi connectivity index (χ1n) is 5.53. The van der Waals surface area contributed by atoms with Gasteiger partial charge in [-0.1, -0.05) is 13.8 Å². The van der Waals surface area contributed by atoms with Gasteiger partial charge in [0.15, 0.2) is 0 Å². The van der Waals surface area contributed by atoms with Crippen LogP contribution in [0.2, 0.25) is 0 Å². The minimum atomic E-state index is 0.0105. The van der Waals surface area contributed by atoms with Crippen molar-refractivity contribution in [2.75, 3.05) is 18.0 Å². The summed E-state index contributed by atoms with van der Waals surface area (Å²) in [4.78, 5) is 6.72. The smallest absolute Gasteiger partial charge is 0.205 e. The van der Waals surface area contributed by atoms with E-state index in [4.69, 9.17) is 5.73 Å². The Kier molecular flexibility index (Phi) is 2.93. The summed E-state index contributed by atoms with van der Waals surface area (Å²) in [6, 6.07) is 0. The van der Waals surface area contributed by atoms with E-state index in [1.54, 1.807) is 0 Å². The predicted octanol–water partition coefficient (Wildman–Crippen LogP) is 1.42. The number of hydrogen-bond acceptors (Lipinski definition) is 5. The maximum Gasteiger partial charge on any atom is 0.205 e. The Labute approximate surface area is 94.7 Å². The van der Waals surface area contributed by atoms with E-state index in [0.29, 0.717) is 0 Å². The number of rotatable bonds is 4. The lowest BCUT2D eigenvalue weighted by atomic mass is 9.89. The van der Waals surface area contributed by atoms with Crippen LogP contribution in [-0.4, -0.2) is 28.0 Å². The van der Waals surface area contributed by atoms with Crippen LogP contribution in [0.5, 0.6) is 0 Å². The Morgan fingerprint density at radius 2 is 2.20 bits per heavy atom. The molecule has 0 aromatic carbocycles. The molecule has 5 heteroatoms. The van der Waals surface area contributed by atoms with Gasteiger partial charge in [-0.2, -0.15) is 4.37 Å². The molecule has 2 rings (SSSR count). The van der Waals surface area contributed by atoms with Crippen LogP contribution >= 0.6 is 11.5 Å². The summed E-state index contributed by atoms with van der Waals surface area (Å²) in [6.07, 6.45) is 3.11. The van der Waals surface area contributed by atoms with Crippen LogP contribution in [0.25, 0.3) is 0 Å². The van der Waals surface area contributed by atoms with Gasteiger partial charge in [0.1, 0.15) is 5.82 Å². The topological polar surface area (TPSA) is 55.0 Å². The molecule has 1 fully saturated rings. The molecule has 0 aliphatic carbocycles. The summed E-state index contributed by atoms with van der Waals surface area (Å²) in [5.41, 5.74) is 6.12. The lowest BCUT2D eigenvalue weighted by molar-refractivity contribution is 0.322. The molecule has 4 nitrogen and oxygen atoms in total. The van der Waals surface area contributed by atoms with Crippen molar-refractivity contribution in [2.45, 2.75) is 38.6 Å². The van der Waals surface area contributed by atoms with E-state index in [1.807, 2.05) is 0 Å². The van der Waals surface area contributed by atoms with Crippen molar-refractivity contribution in [1.82, 2.24) is 9.36 Å². The highest BCUT2D eigenvalue weighted by Crippen LogP contribution is 2.29. The predicted molar refractivity (Wildman–Crippen MR) is 63.3 cm³/mol. The molecular weight excluding hydrogens is 208 g/mol. The number of hydrogen-bond donors (Lipinski definition) is 1. The normalized spacial score (nSPS) is 19.0. The number of nitrogens with two attached hydrogens (primary N) is 1. The zero-order valence-electron chi connectivity index (χ0n) is 9.36. The minimum Gasteiger partial charge on any atom is -0.343 e. The van der Waals surface area contributed by atoms with Gasteiger partial charge in [-0.15, -0.1) is 0 Å². The third kappa shape index (κ3) is 2.13. The number of nitrogens with zero attached hydrogens (tertiary/aromatic N) is 3. The van der Waals surface area contributed by atoms with Crippen molar-refractivity contribution in [3.05, 3.63) is 5.82 Å². The van der Waals surface area contributed by atoms with Crippen molar-refractivity contribution < 1.29 is 0 Å². The molecule has 1 aliphatic rings. The molecule has 1 saturated heterocycles. The van der Waals surface area contributed by atoms with Crippen molar-refractivity contribution >= 4 is 16.7 Å². The van der Waals surface area contributed by atoms with Gasteiger partial charge in [-0.25, -0.2) is 4.98 Å². The first kappa shape index (κ1) is 10.8. The molecule has 0 amide bonds. The molecule has 1 aliphatic heterocycles. The SMILES string of the molecule is CCCc1nsc(N2CC(N)(CC)C2)n1. The third-order valence-corrected chi connectivity index (χ3v) is 3.73. The summed E-state index contributed by atoms with van der Waals surface area (Å²) >= 11 is 1.49. The Balaban J connectivity index is 1.95. The monoisotopic (exact) mass is 226 g/mol. The molecule has 0 spiro atoms. The molecule has 0 atom stereocenters. The lowest BCUT2D eigenvalue weighted by Crippen LogP contribution is -2.67. The quantitative estimate of drug-likeness (QED) is 0.843. The highest BCUT2D eigenvalue weighted by Gasteiger charge is 2.39. The van der Waals surface area contributed by atoms with E-state index in [-0.39, 0.29) is 5.54 Å². The second-order valence-corrected chi connectivity index (χ2v) is 5.05. The van der Waals surface area contributed by atoms with Gasteiger partial charge < -0.3 is 10.6 Å². The molecule has 0 radical (unpaired) electrons. The van der Waals surface area contributed by atoms with Crippen molar-refractivity contribution in [3.63, 3.8) is 0 Å². The Morgan fingerprint density at radius 1 is 1.47 bits per heavy atom. The van der Waals surface area contributed by atoms with Crippen molar-refractivity contribution in [3.8, 4) is 0 Å². The minimum absolute atomic E-state index is 0.0105. The molecule has 1 aromatic heterocycles. The van der Waals surface area contributed by atoms with E-state index >= 15 is 0 Å². The summed E-state index contributed by atoms with van der Waals surface area (Å²) in [5.74, 6) is 0.975. The van der Waals surface area contributed by atoms with Crippen molar-refractivity contribution in [2.24, 2.45) is 5.73 Å². The fourth-order valence-corrected chi connectivity index (χ4v) is 2.48. The van der Waals surface area contributed by atoms with E-state index in [1.165, 1.54) is 11.5 Å². The van der Waals surface area contributed by atoms with E-state index in [9.17, 15) is 0 Å². The largest absolute Gasteiger partial charge is 0.343 e. The van der Waals surface area contributed by atoms with Crippen LogP contribution in [-0.2, 0) is 6.42 Å². The van der Waals surface area contributed by atoms with Crippen LogP contribution in [0.4, 0.5) is 5.13 Å². The number of aromatic nitrogens is 2. The number of anilines is 1. The molecule has 2 heterocycles. The second-order valence-electron chi connectivity index (χ2n) is 4.32. The standard InChI is InChI=1S/C10H18N4S/c1-3-5-8-12-9(15-13-8)14-6-10(11,4-2)7-14/h3-7,11H2,1-2H3. The van der Waals surface area contributed by atoms with Crippen molar-refractivity contribution in [1.29, 1.82) is 0 Å². The maximum atomic E-state index is 6.11. The van der Waals surface area contributed by atoms with Gasteiger partial charge in [-0.3, -0.25) is 0 Å². The van der Waals surface area contributed by atoms with Gasteiger partial charge in [-0.05, 0) is 12.8 Å². The molecule has 84 valence electrons. The zero-order chi connectivity index (χ0) is 10.9. The van der Waals surface area contributed by atoms with E-state index in [0.717, 1.165) is 43.3 Å². The zero-order valence-corrected chi connectivity index (χ0v) is 10.2. The van der Waals surface area contributed by atoms with Crippen LogP contribution in [0, 0.1) is 0 Å². The summed E-state index contributed by atoms with van der Waals surface area (Å²) < 4.78 is 4.33. The molecule has 1 aromatic rings. The number of aryl methyl sites for hydroxylation is 1. The molecule has 0 unspecified atom stereocenters. The summed E-state index contributed by atoms with van der Waals surface area (Å²) in [5, 5.41) is 1.04. The van der Waals surface area contributed by atoms with Gasteiger partial charge in [0.2, 0.25) is 5.13 Å². The highest BCUT2D eigenvalue weighted by molar-refractivity contribution is 7.09. The first-order valence-corrected chi connectivity index (χ1v) is 6.30. The third-order valence-electron chi connectivity index (χ3n) is 2.92. The lowest BCUT2D eigenvalue weighted by Gasteiger charge is -2.47. The highest BCUT2D eigenvalue weighted by atomic mass is 32.1. The van der Waals surface area contributed by atoms with Crippen LogP contribution in [0.3, 0.4) is 0 Å². The Morgan fingerprint density at radius 3 is 2.80 bits per heavy atom. The fourth-order valence-electron chi connectivity index (χ4n) is 1.77. The van der Waals surface area contributed by atoms with Gasteiger partial charge in [0, 0.05) is 31.0 Å². The fraction of sp³-hybridized carbons (Fsp3) is 0.800. The first-order chi connectivity index (χ1) is 7.17. The van der Waals surface area contributed by atoms with Crippen LogP contribution in [0.1, 0.15) is 32.5 Å². The van der Waals surface area contributed by atoms with Gasteiger partial charge in [0.05, 0.1) is 5.54 Å². The molecule has 15 heavy (non-hydrogen) atoms. The summed E-state index contributed by atoms with van der Waals surface area (Å²) in [6.45, 7) is 6.13. The Hall–Kier alpha value is -0.680. The summed E-state index contributed by atoms with van der Waals surface area (Å²) in [7, 11) is 0. The van der Waals surface area contributed by atoms with E-state index in [2.05, 4.69) is 28.1 Å². The average Bonchev–Trinajstić information content (AvgIpc) is 2.62. The molecular formula is C10H18N4S.